The molecule has 1 saturated heterocycles. The Kier molecular flexibility index (Phi) is 6.27. The summed E-state index contributed by atoms with van der Waals surface area (Å²) in [7, 11) is 0. The number of hydrogen-bond acceptors (Lipinski definition) is 5. The van der Waals surface area contributed by atoms with E-state index in [1.54, 1.807) is 42.6 Å². The fourth-order valence-corrected chi connectivity index (χ4v) is 3.96. The molecule has 1 aliphatic rings. The Hall–Kier alpha value is -3.93. The van der Waals surface area contributed by atoms with Gasteiger partial charge in [0.1, 0.15) is 17.3 Å². The van der Waals surface area contributed by atoms with Crippen LogP contribution in [0.4, 0.5) is 5.82 Å². The van der Waals surface area contributed by atoms with Gasteiger partial charge in [-0.2, -0.15) is 0 Å². The van der Waals surface area contributed by atoms with E-state index in [0.29, 0.717) is 23.6 Å². The van der Waals surface area contributed by atoms with E-state index in [9.17, 15) is 14.7 Å². The van der Waals surface area contributed by atoms with Crippen LogP contribution in [0.5, 0.6) is 5.75 Å². The lowest BCUT2D eigenvalue weighted by molar-refractivity contribution is -0.132. The summed E-state index contributed by atoms with van der Waals surface area (Å²) in [5, 5.41) is 11.3. The molecule has 1 unspecified atom stereocenters. The SMILES string of the molecule is CCCOc1ccc(C(O)=C2C(=O)C(=O)N(c3ccccn3)C2c2ccc(C)cc2)cc1C. The van der Waals surface area contributed by atoms with E-state index in [4.69, 9.17) is 4.74 Å². The molecule has 3 aromatic rings. The highest BCUT2D eigenvalue weighted by molar-refractivity contribution is 6.51. The van der Waals surface area contributed by atoms with Gasteiger partial charge in [0.15, 0.2) is 0 Å². The van der Waals surface area contributed by atoms with Gasteiger partial charge in [0, 0.05) is 11.8 Å². The first-order valence-corrected chi connectivity index (χ1v) is 10.9. The van der Waals surface area contributed by atoms with Crippen molar-refractivity contribution in [3.05, 3.63) is 94.7 Å². The number of carbonyl (C=O) groups excluding carboxylic acids is 2. The molecule has 1 fully saturated rings. The molecule has 0 bridgehead atoms. The number of hydrogen-bond donors (Lipinski definition) is 1. The molecule has 6 nitrogen and oxygen atoms in total. The van der Waals surface area contributed by atoms with Crippen LogP contribution in [0.2, 0.25) is 0 Å². The van der Waals surface area contributed by atoms with Crippen LogP contribution >= 0.6 is 0 Å². The predicted octanol–water partition coefficient (Wildman–Crippen LogP) is 5.11. The average Bonchev–Trinajstić information content (AvgIpc) is 3.09. The highest BCUT2D eigenvalue weighted by Crippen LogP contribution is 2.41. The van der Waals surface area contributed by atoms with Crippen molar-refractivity contribution in [1.29, 1.82) is 0 Å². The Morgan fingerprint density at radius 2 is 1.82 bits per heavy atom. The van der Waals surface area contributed by atoms with E-state index in [2.05, 4.69) is 4.98 Å². The third-order valence-corrected chi connectivity index (χ3v) is 5.64. The highest BCUT2D eigenvalue weighted by Gasteiger charge is 2.47. The van der Waals surface area contributed by atoms with Crippen LogP contribution in [0.25, 0.3) is 5.76 Å². The fourth-order valence-electron chi connectivity index (χ4n) is 3.96. The average molecular weight is 443 g/mol. The van der Waals surface area contributed by atoms with E-state index >= 15 is 0 Å². The van der Waals surface area contributed by atoms with Gasteiger partial charge >= 0.3 is 5.91 Å². The summed E-state index contributed by atoms with van der Waals surface area (Å²) in [4.78, 5) is 31.9. The lowest BCUT2D eigenvalue weighted by atomic mass is 9.94. The standard InChI is InChI=1S/C27H26N2O4/c1-4-15-33-21-13-12-20(16-18(21)3)25(30)23-24(19-10-8-17(2)9-11-19)29(27(32)26(23)31)22-7-5-6-14-28-22/h5-14,16,24,30H,4,15H2,1-3H3. The first kappa shape index (κ1) is 22.3. The third kappa shape index (κ3) is 4.24. The Morgan fingerprint density at radius 1 is 1.06 bits per heavy atom. The number of aliphatic hydroxyl groups excluding tert-OH is 1. The van der Waals surface area contributed by atoms with Crippen molar-refractivity contribution in [2.45, 2.75) is 33.2 Å². The molecule has 1 aliphatic heterocycles. The van der Waals surface area contributed by atoms with Gasteiger partial charge in [-0.3, -0.25) is 14.5 Å². The van der Waals surface area contributed by atoms with Crippen molar-refractivity contribution in [2.24, 2.45) is 0 Å². The van der Waals surface area contributed by atoms with Gasteiger partial charge in [-0.05, 0) is 61.7 Å². The smallest absolute Gasteiger partial charge is 0.301 e. The zero-order chi connectivity index (χ0) is 23.5. The zero-order valence-corrected chi connectivity index (χ0v) is 18.9. The number of anilines is 1. The molecule has 2 heterocycles. The monoisotopic (exact) mass is 442 g/mol. The third-order valence-electron chi connectivity index (χ3n) is 5.64. The molecule has 0 radical (unpaired) electrons. The zero-order valence-electron chi connectivity index (χ0n) is 18.9. The number of nitrogens with zero attached hydrogens (tertiary/aromatic N) is 2. The van der Waals surface area contributed by atoms with Crippen molar-refractivity contribution in [3.63, 3.8) is 0 Å². The van der Waals surface area contributed by atoms with Gasteiger partial charge in [0.2, 0.25) is 0 Å². The summed E-state index contributed by atoms with van der Waals surface area (Å²) < 4.78 is 5.73. The molecular weight excluding hydrogens is 416 g/mol. The number of ketones is 1. The lowest BCUT2D eigenvalue weighted by Gasteiger charge is -2.24. The predicted molar refractivity (Wildman–Crippen MR) is 127 cm³/mol. The number of ether oxygens (including phenoxy) is 1. The molecule has 6 heteroatoms. The highest BCUT2D eigenvalue weighted by atomic mass is 16.5. The lowest BCUT2D eigenvalue weighted by Crippen LogP contribution is -2.30. The number of benzene rings is 2. The van der Waals surface area contributed by atoms with Crippen LogP contribution in [0.3, 0.4) is 0 Å². The van der Waals surface area contributed by atoms with E-state index in [1.165, 1.54) is 4.90 Å². The maximum Gasteiger partial charge on any atom is 0.301 e. The van der Waals surface area contributed by atoms with Crippen LogP contribution in [-0.2, 0) is 9.59 Å². The molecule has 0 spiro atoms. The van der Waals surface area contributed by atoms with E-state index in [-0.39, 0.29) is 11.3 Å². The van der Waals surface area contributed by atoms with Crippen molar-refractivity contribution in [1.82, 2.24) is 4.98 Å². The second-order valence-electron chi connectivity index (χ2n) is 8.10. The number of Topliss-reactive ketones (excluding diaryl/α,β-unsaturated/α-hetero) is 1. The maximum absolute atomic E-state index is 13.2. The molecule has 1 amide bonds. The molecule has 2 aromatic carbocycles. The number of amides is 1. The molecule has 168 valence electrons. The molecule has 1 N–H and O–H groups in total. The number of pyridine rings is 1. The van der Waals surface area contributed by atoms with Crippen molar-refractivity contribution < 1.29 is 19.4 Å². The first-order valence-electron chi connectivity index (χ1n) is 10.9. The minimum absolute atomic E-state index is 0.0381. The van der Waals surface area contributed by atoms with Gasteiger partial charge in [-0.1, -0.05) is 42.8 Å². The van der Waals surface area contributed by atoms with Crippen LogP contribution in [0.15, 0.2) is 72.4 Å². The summed E-state index contributed by atoms with van der Waals surface area (Å²) in [5.74, 6) is -0.614. The second-order valence-corrected chi connectivity index (χ2v) is 8.10. The minimum atomic E-state index is -0.795. The van der Waals surface area contributed by atoms with Crippen molar-refractivity contribution >= 4 is 23.3 Å². The van der Waals surface area contributed by atoms with Gasteiger partial charge in [-0.15, -0.1) is 0 Å². The second kappa shape index (κ2) is 9.28. The Labute approximate surface area is 193 Å². The van der Waals surface area contributed by atoms with Crippen LogP contribution in [-0.4, -0.2) is 28.4 Å². The minimum Gasteiger partial charge on any atom is -0.507 e. The molecular formula is C27H26N2O4. The van der Waals surface area contributed by atoms with Crippen LogP contribution < -0.4 is 9.64 Å². The van der Waals surface area contributed by atoms with Crippen LogP contribution in [0.1, 0.15) is 41.6 Å². The van der Waals surface area contributed by atoms with Crippen molar-refractivity contribution in [3.8, 4) is 5.75 Å². The number of aliphatic hydroxyl groups is 1. The Balaban J connectivity index is 1.86. The molecule has 1 atom stereocenters. The number of carbonyl (C=O) groups is 2. The largest absolute Gasteiger partial charge is 0.507 e. The number of aryl methyl sites for hydroxylation is 2. The Morgan fingerprint density at radius 3 is 2.45 bits per heavy atom. The summed E-state index contributed by atoms with van der Waals surface area (Å²) in [6.45, 7) is 6.46. The topological polar surface area (TPSA) is 79.7 Å². The molecule has 4 rings (SSSR count). The molecule has 0 aliphatic carbocycles. The van der Waals surface area contributed by atoms with Crippen molar-refractivity contribution in [2.75, 3.05) is 11.5 Å². The summed E-state index contributed by atoms with van der Waals surface area (Å²) in [6, 6.07) is 17.2. The van der Waals surface area contributed by atoms with Crippen LogP contribution in [0, 0.1) is 13.8 Å². The summed E-state index contributed by atoms with van der Waals surface area (Å²) >= 11 is 0. The van der Waals surface area contributed by atoms with Gasteiger partial charge in [-0.25, -0.2) is 4.98 Å². The first-order chi connectivity index (χ1) is 15.9. The number of rotatable bonds is 6. The normalized spacial score (nSPS) is 17.4. The summed E-state index contributed by atoms with van der Waals surface area (Å²) in [5.41, 5.74) is 3.08. The molecule has 0 saturated carbocycles. The van der Waals surface area contributed by atoms with Gasteiger partial charge in [0.25, 0.3) is 5.78 Å². The quantitative estimate of drug-likeness (QED) is 0.326. The molecule has 1 aromatic heterocycles. The van der Waals surface area contributed by atoms with Gasteiger partial charge in [0.05, 0.1) is 18.2 Å². The van der Waals surface area contributed by atoms with Gasteiger partial charge < -0.3 is 9.84 Å². The van der Waals surface area contributed by atoms with E-state index in [0.717, 1.165) is 23.3 Å². The summed E-state index contributed by atoms with van der Waals surface area (Å²) in [6.07, 6.45) is 2.45. The van der Waals surface area contributed by atoms with E-state index < -0.39 is 17.7 Å². The number of aromatic nitrogens is 1. The van der Waals surface area contributed by atoms with E-state index in [1.807, 2.05) is 45.0 Å². The fraction of sp³-hybridized carbons (Fsp3) is 0.222. The molecule has 33 heavy (non-hydrogen) atoms. The maximum atomic E-state index is 13.2. The Bertz CT molecular complexity index is 1220.